The highest BCUT2D eigenvalue weighted by molar-refractivity contribution is 9.10. The van der Waals surface area contributed by atoms with Gasteiger partial charge in [0.05, 0.1) is 12.7 Å². The van der Waals surface area contributed by atoms with E-state index in [-0.39, 0.29) is 0 Å². The molecule has 0 aliphatic carbocycles. The van der Waals surface area contributed by atoms with Crippen LogP contribution in [0.25, 0.3) is 11.5 Å². The van der Waals surface area contributed by atoms with E-state index in [0.29, 0.717) is 21.8 Å². The van der Waals surface area contributed by atoms with Gasteiger partial charge in [-0.3, -0.25) is 0 Å². The van der Waals surface area contributed by atoms with Crippen molar-refractivity contribution in [2.75, 3.05) is 7.11 Å². The molecule has 0 saturated heterocycles. The first-order valence-corrected chi connectivity index (χ1v) is 5.59. The lowest BCUT2D eigenvalue weighted by atomic mass is 10.1. The SMILES string of the molecule is COC(=O)c1ccc(-c2nnc(C)o2)cc1Br. The summed E-state index contributed by atoms with van der Waals surface area (Å²) < 4.78 is 10.6. The average molecular weight is 297 g/mol. The molecular weight excluding hydrogens is 288 g/mol. The van der Waals surface area contributed by atoms with Crippen molar-refractivity contribution in [2.45, 2.75) is 6.92 Å². The van der Waals surface area contributed by atoms with E-state index in [4.69, 9.17) is 4.42 Å². The van der Waals surface area contributed by atoms with Gasteiger partial charge in [-0.15, -0.1) is 10.2 Å². The Morgan fingerprint density at radius 1 is 1.41 bits per heavy atom. The summed E-state index contributed by atoms with van der Waals surface area (Å²) in [5.74, 6) is 0.512. The molecule has 0 aliphatic heterocycles. The van der Waals surface area contributed by atoms with E-state index < -0.39 is 5.97 Å². The van der Waals surface area contributed by atoms with Gasteiger partial charge in [-0.1, -0.05) is 0 Å². The van der Waals surface area contributed by atoms with Crippen molar-refractivity contribution in [2.24, 2.45) is 0 Å². The van der Waals surface area contributed by atoms with Crippen LogP contribution < -0.4 is 0 Å². The molecule has 1 heterocycles. The number of benzene rings is 1. The highest BCUT2D eigenvalue weighted by Gasteiger charge is 2.13. The van der Waals surface area contributed by atoms with Crippen LogP contribution in [0.5, 0.6) is 0 Å². The van der Waals surface area contributed by atoms with Gasteiger partial charge in [0, 0.05) is 17.0 Å². The zero-order chi connectivity index (χ0) is 12.4. The Morgan fingerprint density at radius 3 is 2.71 bits per heavy atom. The van der Waals surface area contributed by atoms with Crippen molar-refractivity contribution in [3.63, 3.8) is 0 Å². The number of rotatable bonds is 2. The lowest BCUT2D eigenvalue weighted by molar-refractivity contribution is 0.0599. The molecule has 0 spiro atoms. The molecule has 2 rings (SSSR count). The standard InChI is InChI=1S/C11H9BrN2O3/c1-6-13-14-10(17-6)7-3-4-8(9(12)5-7)11(15)16-2/h3-5H,1-2H3. The van der Waals surface area contributed by atoms with Crippen molar-refractivity contribution in [1.29, 1.82) is 0 Å². The maximum absolute atomic E-state index is 11.4. The Kier molecular flexibility index (Phi) is 3.23. The minimum absolute atomic E-state index is 0.398. The summed E-state index contributed by atoms with van der Waals surface area (Å²) in [6.07, 6.45) is 0. The number of ether oxygens (including phenoxy) is 1. The largest absolute Gasteiger partial charge is 0.465 e. The van der Waals surface area contributed by atoms with Crippen LogP contribution in [0.2, 0.25) is 0 Å². The predicted octanol–water partition coefficient (Wildman–Crippen LogP) is 2.59. The number of halogens is 1. The molecule has 0 radical (unpaired) electrons. The van der Waals surface area contributed by atoms with Crippen molar-refractivity contribution >= 4 is 21.9 Å². The van der Waals surface area contributed by atoms with Crippen molar-refractivity contribution in [3.8, 4) is 11.5 Å². The summed E-state index contributed by atoms with van der Waals surface area (Å²) in [6.45, 7) is 1.72. The number of hydrogen-bond acceptors (Lipinski definition) is 5. The number of aryl methyl sites for hydroxylation is 1. The first kappa shape index (κ1) is 11.8. The fraction of sp³-hybridized carbons (Fsp3) is 0.182. The molecule has 6 heteroatoms. The van der Waals surface area contributed by atoms with Gasteiger partial charge in [0.15, 0.2) is 0 Å². The molecule has 1 aromatic heterocycles. The number of esters is 1. The molecule has 0 bridgehead atoms. The Hall–Kier alpha value is -1.69. The van der Waals surface area contributed by atoms with Gasteiger partial charge in [0.2, 0.25) is 11.8 Å². The fourth-order valence-corrected chi connectivity index (χ4v) is 1.88. The summed E-state index contributed by atoms with van der Waals surface area (Å²) in [6, 6.07) is 5.11. The van der Waals surface area contributed by atoms with Crippen molar-refractivity contribution in [1.82, 2.24) is 10.2 Å². The van der Waals surface area contributed by atoms with E-state index >= 15 is 0 Å². The van der Waals surface area contributed by atoms with Gasteiger partial charge in [0.1, 0.15) is 0 Å². The van der Waals surface area contributed by atoms with Crippen LogP contribution in [0, 0.1) is 6.92 Å². The zero-order valence-corrected chi connectivity index (χ0v) is 10.8. The normalized spacial score (nSPS) is 10.3. The van der Waals surface area contributed by atoms with Gasteiger partial charge in [-0.2, -0.15) is 0 Å². The number of nitrogens with zero attached hydrogens (tertiary/aromatic N) is 2. The third-order valence-corrected chi connectivity index (χ3v) is 2.80. The van der Waals surface area contributed by atoms with E-state index in [1.54, 1.807) is 25.1 Å². The minimum atomic E-state index is -0.398. The highest BCUT2D eigenvalue weighted by atomic mass is 79.9. The summed E-state index contributed by atoms with van der Waals surface area (Å²) >= 11 is 3.30. The molecule has 17 heavy (non-hydrogen) atoms. The van der Waals surface area contributed by atoms with E-state index in [1.807, 2.05) is 0 Å². The van der Waals surface area contributed by atoms with Crippen molar-refractivity contribution < 1.29 is 13.9 Å². The molecular formula is C11H9BrN2O3. The molecule has 0 atom stereocenters. The van der Waals surface area contributed by atoms with Crippen LogP contribution in [0.15, 0.2) is 27.1 Å². The molecule has 5 nitrogen and oxygen atoms in total. The quantitative estimate of drug-likeness (QED) is 0.797. The maximum Gasteiger partial charge on any atom is 0.339 e. The number of carbonyl (C=O) groups is 1. The molecule has 0 amide bonds. The van der Waals surface area contributed by atoms with Crippen LogP contribution in [0.3, 0.4) is 0 Å². The van der Waals surface area contributed by atoms with Gasteiger partial charge in [-0.05, 0) is 34.1 Å². The first-order chi connectivity index (χ1) is 8.11. The second-order valence-electron chi connectivity index (χ2n) is 3.31. The summed E-state index contributed by atoms with van der Waals surface area (Å²) in [7, 11) is 1.34. The lowest BCUT2D eigenvalue weighted by Gasteiger charge is -2.03. The van der Waals surface area contributed by atoms with Gasteiger partial charge in [-0.25, -0.2) is 4.79 Å². The topological polar surface area (TPSA) is 65.2 Å². The molecule has 0 unspecified atom stereocenters. The third-order valence-electron chi connectivity index (χ3n) is 2.15. The van der Waals surface area contributed by atoms with Crippen molar-refractivity contribution in [3.05, 3.63) is 34.1 Å². The Labute approximate surface area is 106 Å². The summed E-state index contributed by atoms with van der Waals surface area (Å²) in [5.41, 5.74) is 1.19. The highest BCUT2D eigenvalue weighted by Crippen LogP contribution is 2.25. The molecule has 0 saturated carbocycles. The second-order valence-corrected chi connectivity index (χ2v) is 4.17. The van der Waals surface area contributed by atoms with E-state index in [1.165, 1.54) is 7.11 Å². The van der Waals surface area contributed by atoms with Crippen LogP contribution in [-0.4, -0.2) is 23.3 Å². The molecule has 2 aromatic rings. The van der Waals surface area contributed by atoms with Crippen LogP contribution >= 0.6 is 15.9 Å². The predicted molar refractivity (Wildman–Crippen MR) is 63.5 cm³/mol. The molecule has 0 N–H and O–H groups in total. The van der Waals surface area contributed by atoms with Gasteiger partial charge in [0.25, 0.3) is 0 Å². The Bertz CT molecular complexity index is 566. The minimum Gasteiger partial charge on any atom is -0.465 e. The van der Waals surface area contributed by atoms with E-state index in [0.717, 1.165) is 5.56 Å². The van der Waals surface area contributed by atoms with Crippen LogP contribution in [0.1, 0.15) is 16.2 Å². The molecule has 0 fully saturated rings. The molecule has 88 valence electrons. The summed E-state index contributed by atoms with van der Waals surface area (Å²) in [4.78, 5) is 11.4. The number of carbonyl (C=O) groups excluding carboxylic acids is 1. The third kappa shape index (κ3) is 2.36. The van der Waals surface area contributed by atoms with Crippen LogP contribution in [0.4, 0.5) is 0 Å². The molecule has 1 aromatic carbocycles. The number of methoxy groups -OCH3 is 1. The number of hydrogen-bond donors (Lipinski definition) is 0. The molecule has 0 aliphatic rings. The Morgan fingerprint density at radius 2 is 2.18 bits per heavy atom. The lowest BCUT2D eigenvalue weighted by Crippen LogP contribution is -2.02. The summed E-state index contributed by atoms with van der Waals surface area (Å²) in [5, 5.41) is 7.64. The monoisotopic (exact) mass is 296 g/mol. The second kappa shape index (κ2) is 4.67. The van der Waals surface area contributed by atoms with Crippen LogP contribution in [-0.2, 0) is 4.74 Å². The Balaban J connectivity index is 2.40. The zero-order valence-electron chi connectivity index (χ0n) is 9.23. The van der Waals surface area contributed by atoms with E-state index in [9.17, 15) is 4.79 Å². The number of aromatic nitrogens is 2. The average Bonchev–Trinajstić information content (AvgIpc) is 2.75. The van der Waals surface area contributed by atoms with Gasteiger partial charge >= 0.3 is 5.97 Å². The first-order valence-electron chi connectivity index (χ1n) is 4.80. The van der Waals surface area contributed by atoms with E-state index in [2.05, 4.69) is 30.9 Å². The van der Waals surface area contributed by atoms with Gasteiger partial charge < -0.3 is 9.15 Å². The smallest absolute Gasteiger partial charge is 0.339 e. The fourth-order valence-electron chi connectivity index (χ4n) is 1.34. The maximum atomic E-state index is 11.4.